The lowest BCUT2D eigenvalue weighted by Gasteiger charge is -2.24. The van der Waals surface area contributed by atoms with Gasteiger partial charge in [0.15, 0.2) is 0 Å². The average Bonchev–Trinajstić information content (AvgIpc) is 3.31. The summed E-state index contributed by atoms with van der Waals surface area (Å²) in [6, 6.07) is 19.6. The van der Waals surface area contributed by atoms with Crippen LogP contribution >= 0.6 is 0 Å². The van der Waals surface area contributed by atoms with Crippen molar-refractivity contribution in [2.45, 2.75) is 25.8 Å². The number of hydrogen-bond acceptors (Lipinski definition) is 4. The van der Waals surface area contributed by atoms with Crippen LogP contribution in [0.25, 0.3) is 0 Å². The molecule has 1 atom stereocenters. The van der Waals surface area contributed by atoms with Crippen molar-refractivity contribution in [3.63, 3.8) is 0 Å². The summed E-state index contributed by atoms with van der Waals surface area (Å²) in [5.41, 5.74) is 4.91. The van der Waals surface area contributed by atoms with Gasteiger partial charge < -0.3 is 20.4 Å². The van der Waals surface area contributed by atoms with Crippen LogP contribution in [-0.2, 0) is 11.2 Å². The minimum absolute atomic E-state index is 0.0933. The molecule has 2 aromatic carbocycles. The summed E-state index contributed by atoms with van der Waals surface area (Å²) in [5.74, 6) is 0.0933. The molecule has 3 aromatic rings. The lowest BCUT2D eigenvalue weighted by atomic mass is 10.1. The highest BCUT2D eigenvalue weighted by atomic mass is 16.2. The molecule has 1 aliphatic heterocycles. The summed E-state index contributed by atoms with van der Waals surface area (Å²) in [4.78, 5) is 32.1. The molecule has 1 aliphatic rings. The van der Waals surface area contributed by atoms with Crippen molar-refractivity contribution in [2.24, 2.45) is 0 Å². The predicted molar refractivity (Wildman–Crippen MR) is 132 cm³/mol. The van der Waals surface area contributed by atoms with Crippen LogP contribution in [-0.4, -0.2) is 48.0 Å². The van der Waals surface area contributed by atoms with E-state index in [-0.39, 0.29) is 18.0 Å². The molecule has 0 aliphatic carbocycles. The van der Waals surface area contributed by atoms with Crippen molar-refractivity contribution in [3.8, 4) is 0 Å². The normalized spacial score (nSPS) is 15.2. The van der Waals surface area contributed by atoms with E-state index in [0.717, 1.165) is 43.0 Å². The van der Waals surface area contributed by atoms with E-state index in [1.165, 1.54) is 11.1 Å². The Bertz CT molecular complexity index is 1080. The van der Waals surface area contributed by atoms with Crippen molar-refractivity contribution >= 4 is 29.0 Å². The molecule has 1 fully saturated rings. The first kappa shape index (κ1) is 22.3. The number of nitrogens with zero attached hydrogens (tertiary/aromatic N) is 3. The Labute approximate surface area is 194 Å². The van der Waals surface area contributed by atoms with Gasteiger partial charge in [0, 0.05) is 56.5 Å². The second kappa shape index (κ2) is 10.2. The Kier molecular flexibility index (Phi) is 6.88. The van der Waals surface area contributed by atoms with Crippen molar-refractivity contribution in [1.29, 1.82) is 0 Å². The van der Waals surface area contributed by atoms with E-state index in [1.807, 2.05) is 72.6 Å². The van der Waals surface area contributed by atoms with E-state index >= 15 is 0 Å². The summed E-state index contributed by atoms with van der Waals surface area (Å²) in [5, 5.41) is 5.75. The van der Waals surface area contributed by atoms with Gasteiger partial charge in [0.1, 0.15) is 0 Å². The number of anilines is 3. The molecular formula is C26H29N5O2. The Hall–Kier alpha value is -3.87. The molecule has 170 valence electrons. The topological polar surface area (TPSA) is 77.6 Å². The van der Waals surface area contributed by atoms with Crippen LogP contribution in [0.2, 0.25) is 0 Å². The van der Waals surface area contributed by atoms with Crippen molar-refractivity contribution in [3.05, 3.63) is 84.2 Å². The summed E-state index contributed by atoms with van der Waals surface area (Å²) < 4.78 is 0. The molecule has 0 radical (unpaired) electrons. The number of aromatic nitrogens is 1. The number of likely N-dealkylation sites (N-methyl/N-ethyl adjacent to an activating group) is 1. The quantitative estimate of drug-likeness (QED) is 0.593. The molecule has 0 saturated carbocycles. The van der Waals surface area contributed by atoms with Gasteiger partial charge in [0.05, 0.1) is 6.04 Å². The third-order valence-corrected chi connectivity index (χ3v) is 6.07. The number of carbonyl (C=O) groups excluding carboxylic acids is 2. The third-order valence-electron chi connectivity index (χ3n) is 6.07. The zero-order chi connectivity index (χ0) is 23.2. The number of amides is 3. The SMILES string of the molecule is CC(=O)N(C)C1CCN(c2ccc(NC(=O)Nc3ccc(Cc4ccncc4)cc3)cc2)C1. The van der Waals surface area contributed by atoms with Gasteiger partial charge in [0.2, 0.25) is 5.91 Å². The zero-order valence-corrected chi connectivity index (χ0v) is 19.0. The summed E-state index contributed by atoms with van der Waals surface area (Å²) in [6.07, 6.45) is 5.36. The molecular weight excluding hydrogens is 414 g/mol. The van der Waals surface area contributed by atoms with Gasteiger partial charge in [-0.15, -0.1) is 0 Å². The summed E-state index contributed by atoms with van der Waals surface area (Å²) in [6.45, 7) is 3.33. The minimum Gasteiger partial charge on any atom is -0.369 e. The van der Waals surface area contributed by atoms with Gasteiger partial charge >= 0.3 is 6.03 Å². The first-order chi connectivity index (χ1) is 16.0. The Morgan fingerprint density at radius 3 is 2.12 bits per heavy atom. The molecule has 2 N–H and O–H groups in total. The average molecular weight is 444 g/mol. The van der Waals surface area contributed by atoms with E-state index < -0.39 is 0 Å². The summed E-state index contributed by atoms with van der Waals surface area (Å²) in [7, 11) is 1.86. The third kappa shape index (κ3) is 5.88. The van der Waals surface area contributed by atoms with E-state index in [2.05, 4.69) is 20.5 Å². The molecule has 4 rings (SSSR count). The van der Waals surface area contributed by atoms with Crippen molar-refractivity contribution in [2.75, 3.05) is 35.7 Å². The van der Waals surface area contributed by atoms with Gasteiger partial charge in [-0.2, -0.15) is 0 Å². The first-order valence-corrected chi connectivity index (χ1v) is 11.1. The number of hydrogen-bond donors (Lipinski definition) is 2. The number of benzene rings is 2. The van der Waals surface area contributed by atoms with Crippen molar-refractivity contribution in [1.82, 2.24) is 9.88 Å². The van der Waals surface area contributed by atoms with E-state index in [0.29, 0.717) is 0 Å². The molecule has 1 unspecified atom stereocenters. The maximum absolute atomic E-state index is 12.4. The highest BCUT2D eigenvalue weighted by Crippen LogP contribution is 2.24. The van der Waals surface area contributed by atoms with E-state index in [9.17, 15) is 9.59 Å². The van der Waals surface area contributed by atoms with Gasteiger partial charge in [-0.3, -0.25) is 9.78 Å². The molecule has 7 heteroatoms. The highest BCUT2D eigenvalue weighted by molar-refractivity contribution is 5.99. The summed E-state index contributed by atoms with van der Waals surface area (Å²) >= 11 is 0. The number of carbonyl (C=O) groups is 2. The van der Waals surface area contributed by atoms with Crippen LogP contribution in [0.3, 0.4) is 0 Å². The Balaban J connectivity index is 1.28. The molecule has 7 nitrogen and oxygen atoms in total. The van der Waals surface area contributed by atoms with Gasteiger partial charge in [-0.1, -0.05) is 12.1 Å². The fraction of sp³-hybridized carbons (Fsp3) is 0.269. The first-order valence-electron chi connectivity index (χ1n) is 11.1. The molecule has 1 saturated heterocycles. The fourth-order valence-electron chi connectivity index (χ4n) is 4.04. The standard InChI is InChI=1S/C26H29N5O2/c1-19(32)30(2)25-13-16-31(18-25)24-9-7-23(8-10-24)29-26(33)28-22-5-3-20(4-6-22)17-21-11-14-27-15-12-21/h3-12,14-15,25H,13,16-18H2,1-2H3,(H2,28,29,33). The van der Waals surface area contributed by atoms with E-state index in [1.54, 1.807) is 19.3 Å². The van der Waals surface area contributed by atoms with Gasteiger partial charge in [0.25, 0.3) is 0 Å². The van der Waals surface area contributed by atoms with Crippen LogP contribution in [0.15, 0.2) is 73.1 Å². The lowest BCUT2D eigenvalue weighted by molar-refractivity contribution is -0.129. The van der Waals surface area contributed by atoms with Crippen LogP contribution < -0.4 is 15.5 Å². The number of pyridine rings is 1. The smallest absolute Gasteiger partial charge is 0.323 e. The van der Waals surface area contributed by atoms with Crippen molar-refractivity contribution < 1.29 is 9.59 Å². The van der Waals surface area contributed by atoms with Gasteiger partial charge in [-0.25, -0.2) is 4.79 Å². The molecule has 1 aromatic heterocycles. The Morgan fingerprint density at radius 1 is 0.939 bits per heavy atom. The minimum atomic E-state index is -0.283. The molecule has 2 heterocycles. The van der Waals surface area contributed by atoms with E-state index in [4.69, 9.17) is 0 Å². The number of rotatable bonds is 6. The van der Waals surface area contributed by atoms with Crippen LogP contribution in [0.1, 0.15) is 24.5 Å². The van der Waals surface area contributed by atoms with Gasteiger partial charge in [-0.05, 0) is 72.5 Å². The van der Waals surface area contributed by atoms with Crippen LogP contribution in [0.5, 0.6) is 0 Å². The second-order valence-electron chi connectivity index (χ2n) is 8.37. The fourth-order valence-corrected chi connectivity index (χ4v) is 4.04. The molecule has 3 amide bonds. The highest BCUT2D eigenvalue weighted by Gasteiger charge is 2.27. The largest absolute Gasteiger partial charge is 0.369 e. The zero-order valence-electron chi connectivity index (χ0n) is 19.0. The van der Waals surface area contributed by atoms with Crippen LogP contribution in [0.4, 0.5) is 21.9 Å². The predicted octanol–water partition coefficient (Wildman–Crippen LogP) is 4.37. The second-order valence-corrected chi connectivity index (χ2v) is 8.37. The maximum Gasteiger partial charge on any atom is 0.323 e. The molecule has 0 bridgehead atoms. The number of urea groups is 1. The number of nitrogens with one attached hydrogen (secondary N) is 2. The monoisotopic (exact) mass is 443 g/mol. The Morgan fingerprint density at radius 2 is 1.52 bits per heavy atom. The molecule has 33 heavy (non-hydrogen) atoms. The van der Waals surface area contributed by atoms with Crippen LogP contribution in [0, 0.1) is 0 Å². The molecule has 0 spiro atoms. The lowest BCUT2D eigenvalue weighted by Crippen LogP contribution is -2.37. The maximum atomic E-state index is 12.4.